The summed E-state index contributed by atoms with van der Waals surface area (Å²) in [5.74, 6) is -0.360. The molecule has 2 aromatic rings. The normalized spacial score (nSPS) is 10.6. The maximum Gasteiger partial charge on any atom is 0.249 e. The topological polar surface area (TPSA) is 55.1 Å². The monoisotopic (exact) mass is 266 g/mol. The van der Waals surface area contributed by atoms with Crippen molar-refractivity contribution in [2.75, 3.05) is 0 Å². The fourth-order valence-corrected chi connectivity index (χ4v) is 3.19. The van der Waals surface area contributed by atoms with E-state index in [1.807, 2.05) is 6.07 Å². The Bertz CT molecular complexity index is 516. The Labute approximate surface area is 108 Å². The molecule has 3 nitrogen and oxygen atoms in total. The van der Waals surface area contributed by atoms with Gasteiger partial charge in [0.2, 0.25) is 5.91 Å². The van der Waals surface area contributed by atoms with Crippen LogP contribution in [0.5, 0.6) is 0 Å². The fraction of sp³-hybridized carbons (Fsp3) is 0.250. The number of hydrogen-bond acceptors (Lipinski definition) is 4. The van der Waals surface area contributed by atoms with Crippen LogP contribution in [-0.4, -0.2) is 5.91 Å². The number of nitrogens with two attached hydrogens (primary N) is 1. The molecule has 0 aliphatic rings. The summed E-state index contributed by atoms with van der Waals surface area (Å²) >= 11 is 3.36. The molecule has 17 heavy (non-hydrogen) atoms. The van der Waals surface area contributed by atoms with Crippen LogP contribution in [0.25, 0.3) is 0 Å². The number of carbonyl (C=O) groups excluding carboxylic acids is 1. The minimum absolute atomic E-state index is 0.360. The van der Waals surface area contributed by atoms with Crippen molar-refractivity contribution in [2.24, 2.45) is 5.73 Å². The van der Waals surface area contributed by atoms with Crippen LogP contribution in [0.4, 0.5) is 0 Å². The number of rotatable bonds is 5. The molecule has 0 aromatic carbocycles. The largest absolute Gasteiger partial charge is 0.366 e. The molecule has 2 heterocycles. The highest BCUT2D eigenvalue weighted by Gasteiger charge is 2.04. The predicted octanol–water partition coefficient (Wildman–Crippen LogP) is 2.51. The third kappa shape index (κ3) is 3.39. The van der Waals surface area contributed by atoms with Gasteiger partial charge < -0.3 is 11.1 Å². The fourth-order valence-electron chi connectivity index (χ4n) is 1.49. The first-order valence-corrected chi connectivity index (χ1v) is 6.98. The van der Waals surface area contributed by atoms with Gasteiger partial charge >= 0.3 is 0 Å². The molecule has 0 aliphatic heterocycles. The van der Waals surface area contributed by atoms with Crippen molar-refractivity contribution < 1.29 is 4.79 Å². The second-order valence-corrected chi connectivity index (χ2v) is 6.15. The molecule has 0 atom stereocenters. The molecule has 3 N–H and O–H groups in total. The van der Waals surface area contributed by atoms with Gasteiger partial charge in [0, 0.05) is 33.1 Å². The van der Waals surface area contributed by atoms with Gasteiger partial charge in [-0.05, 0) is 25.1 Å². The first kappa shape index (κ1) is 12.3. The van der Waals surface area contributed by atoms with Gasteiger partial charge in [-0.25, -0.2) is 0 Å². The Hall–Kier alpha value is -1.17. The average Bonchev–Trinajstić information content (AvgIpc) is 2.88. The zero-order valence-corrected chi connectivity index (χ0v) is 11.2. The van der Waals surface area contributed by atoms with E-state index < -0.39 is 0 Å². The minimum atomic E-state index is -0.360. The van der Waals surface area contributed by atoms with E-state index in [4.69, 9.17) is 5.73 Å². The summed E-state index contributed by atoms with van der Waals surface area (Å²) in [6, 6.07) is 6.11. The van der Waals surface area contributed by atoms with Crippen LogP contribution in [0.15, 0.2) is 23.6 Å². The van der Waals surface area contributed by atoms with Crippen LogP contribution in [0.1, 0.15) is 25.0 Å². The molecule has 0 spiro atoms. The van der Waals surface area contributed by atoms with Gasteiger partial charge in [-0.1, -0.05) is 0 Å². The zero-order valence-electron chi connectivity index (χ0n) is 9.53. The maximum atomic E-state index is 10.9. The summed E-state index contributed by atoms with van der Waals surface area (Å²) in [5.41, 5.74) is 5.79. The van der Waals surface area contributed by atoms with Gasteiger partial charge in [-0.3, -0.25) is 4.79 Å². The van der Waals surface area contributed by atoms with Crippen LogP contribution < -0.4 is 11.1 Å². The average molecular weight is 266 g/mol. The van der Waals surface area contributed by atoms with E-state index in [0.717, 1.165) is 18.0 Å². The van der Waals surface area contributed by atoms with Gasteiger partial charge in [0.05, 0.1) is 5.56 Å². The maximum absolute atomic E-state index is 10.9. The Morgan fingerprint density at radius 3 is 2.71 bits per heavy atom. The van der Waals surface area contributed by atoms with Gasteiger partial charge in [-0.2, -0.15) is 0 Å². The first-order chi connectivity index (χ1) is 8.15. The van der Waals surface area contributed by atoms with Crippen LogP contribution in [0, 0.1) is 6.92 Å². The molecule has 0 aliphatic carbocycles. The van der Waals surface area contributed by atoms with Gasteiger partial charge in [0.15, 0.2) is 0 Å². The van der Waals surface area contributed by atoms with Crippen molar-refractivity contribution in [2.45, 2.75) is 20.0 Å². The summed E-state index contributed by atoms with van der Waals surface area (Å²) in [7, 11) is 0. The van der Waals surface area contributed by atoms with E-state index in [1.54, 1.807) is 28.1 Å². The van der Waals surface area contributed by atoms with E-state index in [0.29, 0.717) is 5.56 Å². The van der Waals surface area contributed by atoms with E-state index in [1.165, 1.54) is 9.75 Å². The molecule has 1 amide bonds. The summed E-state index contributed by atoms with van der Waals surface area (Å²) in [5, 5.41) is 5.15. The molecule has 0 bridgehead atoms. The number of hydrogen-bond donors (Lipinski definition) is 2. The summed E-state index contributed by atoms with van der Waals surface area (Å²) in [4.78, 5) is 14.7. The molecular formula is C12H14N2OS2. The van der Waals surface area contributed by atoms with Crippen LogP contribution in [0.2, 0.25) is 0 Å². The Balaban J connectivity index is 1.83. The number of carbonyl (C=O) groups is 1. The van der Waals surface area contributed by atoms with Crippen molar-refractivity contribution >= 4 is 28.6 Å². The predicted molar refractivity (Wildman–Crippen MR) is 72.4 cm³/mol. The molecular weight excluding hydrogens is 252 g/mol. The van der Waals surface area contributed by atoms with Crippen molar-refractivity contribution in [3.05, 3.63) is 43.8 Å². The van der Waals surface area contributed by atoms with E-state index in [9.17, 15) is 4.79 Å². The van der Waals surface area contributed by atoms with Crippen molar-refractivity contribution in [1.82, 2.24) is 5.32 Å². The lowest BCUT2D eigenvalue weighted by Gasteiger charge is -1.99. The number of amides is 1. The van der Waals surface area contributed by atoms with Crippen molar-refractivity contribution in [3.63, 3.8) is 0 Å². The smallest absolute Gasteiger partial charge is 0.249 e. The molecule has 5 heteroatoms. The third-order valence-corrected chi connectivity index (χ3v) is 4.27. The highest BCUT2D eigenvalue weighted by molar-refractivity contribution is 7.11. The van der Waals surface area contributed by atoms with Crippen LogP contribution in [0.3, 0.4) is 0 Å². The van der Waals surface area contributed by atoms with Crippen LogP contribution >= 0.6 is 22.7 Å². The molecule has 2 aromatic heterocycles. The molecule has 0 radical (unpaired) electrons. The summed E-state index contributed by atoms with van der Waals surface area (Å²) in [6.07, 6.45) is 0. The minimum Gasteiger partial charge on any atom is -0.366 e. The molecule has 0 saturated carbocycles. The summed E-state index contributed by atoms with van der Waals surface area (Å²) < 4.78 is 0. The lowest BCUT2D eigenvalue weighted by molar-refractivity contribution is 0.100. The number of primary amides is 1. The Morgan fingerprint density at radius 1 is 1.35 bits per heavy atom. The van der Waals surface area contributed by atoms with Crippen molar-refractivity contribution in [3.8, 4) is 0 Å². The van der Waals surface area contributed by atoms with E-state index >= 15 is 0 Å². The Kier molecular flexibility index (Phi) is 3.93. The van der Waals surface area contributed by atoms with Gasteiger partial charge in [-0.15, -0.1) is 22.7 Å². The molecule has 90 valence electrons. The highest BCUT2D eigenvalue weighted by atomic mass is 32.1. The summed E-state index contributed by atoms with van der Waals surface area (Å²) in [6.45, 7) is 3.74. The van der Waals surface area contributed by atoms with E-state index in [2.05, 4.69) is 24.4 Å². The zero-order chi connectivity index (χ0) is 12.3. The number of aryl methyl sites for hydroxylation is 1. The Morgan fingerprint density at radius 2 is 2.12 bits per heavy atom. The molecule has 0 saturated heterocycles. The lowest BCUT2D eigenvalue weighted by atomic mass is 10.3. The second kappa shape index (κ2) is 5.44. The van der Waals surface area contributed by atoms with Crippen molar-refractivity contribution in [1.29, 1.82) is 0 Å². The van der Waals surface area contributed by atoms with E-state index in [-0.39, 0.29) is 5.91 Å². The van der Waals surface area contributed by atoms with Gasteiger partial charge in [0.1, 0.15) is 0 Å². The number of nitrogens with one attached hydrogen (secondary N) is 1. The second-order valence-electron chi connectivity index (χ2n) is 3.78. The highest BCUT2D eigenvalue weighted by Crippen LogP contribution is 2.16. The standard InChI is InChI=1S/C12H14N2OS2/c1-8-2-3-10(17-8)5-14-6-11-4-9(7-16-11)12(13)15/h2-4,7,14H,5-6H2,1H3,(H2,13,15). The van der Waals surface area contributed by atoms with Gasteiger partial charge in [0.25, 0.3) is 0 Å². The quantitative estimate of drug-likeness (QED) is 0.873. The number of thiophene rings is 2. The third-order valence-electron chi connectivity index (χ3n) is 2.33. The first-order valence-electron chi connectivity index (χ1n) is 5.28. The lowest BCUT2D eigenvalue weighted by Crippen LogP contribution is -2.11. The SMILES string of the molecule is Cc1ccc(CNCc2cc(C(N)=O)cs2)s1. The molecule has 2 rings (SSSR count). The molecule has 0 fully saturated rings. The van der Waals surface area contributed by atoms with Crippen LogP contribution in [-0.2, 0) is 13.1 Å². The molecule has 0 unspecified atom stereocenters.